The van der Waals surface area contributed by atoms with E-state index in [0.29, 0.717) is 0 Å². The molecule has 0 radical (unpaired) electrons. The van der Waals surface area contributed by atoms with Gasteiger partial charge in [0.25, 0.3) is 0 Å². The van der Waals surface area contributed by atoms with Crippen LogP contribution in [0.3, 0.4) is 0 Å². The Hall–Kier alpha value is -0.990. The van der Waals surface area contributed by atoms with Gasteiger partial charge < -0.3 is 9.67 Å². The number of nitrogens with zero attached hydrogens (tertiary/aromatic N) is 2. The van der Waals surface area contributed by atoms with Gasteiger partial charge in [-0.2, -0.15) is 4.98 Å². The summed E-state index contributed by atoms with van der Waals surface area (Å²) in [4.78, 5) is 3.97. The number of aromatic nitrogens is 2. The van der Waals surface area contributed by atoms with Crippen molar-refractivity contribution in [1.82, 2.24) is 9.55 Å². The summed E-state index contributed by atoms with van der Waals surface area (Å²) in [6.45, 7) is 5.02. The van der Waals surface area contributed by atoms with Crippen LogP contribution in [0.2, 0.25) is 0 Å². The maximum atomic E-state index is 8.99. The fraction of sp³-hybridized carbons (Fsp3) is 0.667. The van der Waals surface area contributed by atoms with E-state index in [4.69, 9.17) is 5.11 Å². The second-order valence-electron chi connectivity index (χ2n) is 2.67. The highest BCUT2D eigenvalue weighted by Gasteiger charge is 2.10. The van der Waals surface area contributed by atoms with Crippen LogP contribution in [0.15, 0.2) is 6.20 Å². The number of imidazole rings is 1. The molecule has 0 aromatic carbocycles. The maximum absolute atomic E-state index is 8.99. The Morgan fingerprint density at radius 1 is 1.42 bits per heavy atom. The lowest BCUT2D eigenvalue weighted by Crippen LogP contribution is -2.08. The summed E-state index contributed by atoms with van der Waals surface area (Å²) in [7, 11) is 0. The van der Waals surface area contributed by atoms with Gasteiger partial charge >= 0.3 is 0 Å². The number of aryl methyl sites for hydroxylation is 2. The molecule has 0 fully saturated rings. The molecule has 0 saturated heterocycles. The quantitative estimate of drug-likeness (QED) is 0.643. The third-order valence-electron chi connectivity index (χ3n) is 1.90. The van der Waals surface area contributed by atoms with Gasteiger partial charge in [0.2, 0.25) is 5.88 Å². The van der Waals surface area contributed by atoms with Gasteiger partial charge in [-0.05, 0) is 12.8 Å². The molecule has 68 valence electrons. The molecule has 1 aliphatic heterocycles. The van der Waals surface area contributed by atoms with Crippen LogP contribution >= 0.6 is 0 Å². The molecule has 0 saturated carbocycles. The van der Waals surface area contributed by atoms with Crippen LogP contribution in [0.5, 0.6) is 5.88 Å². The summed E-state index contributed by atoms with van der Waals surface area (Å²) in [6, 6.07) is 0. The Bertz CT molecular complexity index is 219. The lowest BCUT2D eigenvalue weighted by Gasteiger charge is -2.11. The van der Waals surface area contributed by atoms with Gasteiger partial charge in [0, 0.05) is 13.0 Å². The molecule has 0 aliphatic carbocycles. The third-order valence-corrected chi connectivity index (χ3v) is 1.90. The zero-order valence-electron chi connectivity index (χ0n) is 7.75. The summed E-state index contributed by atoms with van der Waals surface area (Å²) >= 11 is 0. The molecule has 0 unspecified atom stereocenters. The summed E-state index contributed by atoms with van der Waals surface area (Å²) in [5, 5.41) is 8.99. The number of fused-ring (bicyclic) bond motifs is 1. The fourth-order valence-corrected chi connectivity index (χ4v) is 1.40. The van der Waals surface area contributed by atoms with Gasteiger partial charge in [0.05, 0.1) is 6.20 Å². The van der Waals surface area contributed by atoms with E-state index in [1.807, 2.05) is 18.4 Å². The van der Waals surface area contributed by atoms with Gasteiger partial charge in [-0.3, -0.25) is 0 Å². The highest BCUT2D eigenvalue weighted by molar-refractivity contribution is 5.09. The molecule has 1 aromatic heterocycles. The van der Waals surface area contributed by atoms with Crippen molar-refractivity contribution in [3.05, 3.63) is 12.0 Å². The molecule has 2 rings (SSSR count). The Kier molecular flexibility index (Phi) is 3.14. The Labute approximate surface area is 73.1 Å². The number of aromatic hydroxyl groups is 1. The van der Waals surface area contributed by atoms with Gasteiger partial charge in [0.15, 0.2) is 0 Å². The first kappa shape index (κ1) is 9.10. The zero-order chi connectivity index (χ0) is 8.97. The van der Waals surface area contributed by atoms with Gasteiger partial charge in [-0.25, -0.2) is 0 Å². The van der Waals surface area contributed by atoms with Gasteiger partial charge in [-0.1, -0.05) is 13.8 Å². The standard InChI is InChI=1S/C7H10N2O.C2H6/c10-7-5-9-4-2-1-3-6(9)8-7;1-2/h5,10H,1-4H2;1-2H3. The summed E-state index contributed by atoms with van der Waals surface area (Å²) < 4.78 is 2.03. The van der Waals surface area contributed by atoms with Crippen LogP contribution in [0.4, 0.5) is 0 Å². The van der Waals surface area contributed by atoms with Crippen LogP contribution in [-0.4, -0.2) is 14.7 Å². The van der Waals surface area contributed by atoms with Gasteiger partial charge in [-0.15, -0.1) is 0 Å². The molecule has 2 heterocycles. The van der Waals surface area contributed by atoms with Crippen molar-refractivity contribution in [2.75, 3.05) is 0 Å². The molecule has 0 amide bonds. The normalized spacial score (nSPS) is 14.5. The highest BCUT2D eigenvalue weighted by Crippen LogP contribution is 2.16. The smallest absolute Gasteiger partial charge is 0.229 e. The molecule has 0 bridgehead atoms. The second-order valence-corrected chi connectivity index (χ2v) is 2.67. The number of hydrogen-bond acceptors (Lipinski definition) is 2. The minimum Gasteiger partial charge on any atom is -0.492 e. The molecule has 1 aromatic rings. The van der Waals surface area contributed by atoms with Gasteiger partial charge in [0.1, 0.15) is 5.82 Å². The van der Waals surface area contributed by atoms with Crippen molar-refractivity contribution in [3.8, 4) is 5.88 Å². The van der Waals surface area contributed by atoms with Crippen molar-refractivity contribution >= 4 is 0 Å². The Morgan fingerprint density at radius 3 is 2.83 bits per heavy atom. The van der Waals surface area contributed by atoms with Crippen molar-refractivity contribution in [1.29, 1.82) is 0 Å². The van der Waals surface area contributed by atoms with E-state index < -0.39 is 0 Å². The van der Waals surface area contributed by atoms with E-state index >= 15 is 0 Å². The molecule has 12 heavy (non-hydrogen) atoms. The van der Waals surface area contributed by atoms with E-state index in [1.165, 1.54) is 12.8 Å². The Morgan fingerprint density at radius 2 is 2.17 bits per heavy atom. The van der Waals surface area contributed by atoms with E-state index in [9.17, 15) is 0 Å². The average molecular weight is 168 g/mol. The summed E-state index contributed by atoms with van der Waals surface area (Å²) in [5.41, 5.74) is 0. The van der Waals surface area contributed by atoms with Crippen LogP contribution in [0.1, 0.15) is 32.5 Å². The predicted molar refractivity (Wildman–Crippen MR) is 48.2 cm³/mol. The second kappa shape index (κ2) is 4.14. The molecule has 1 aliphatic rings. The van der Waals surface area contributed by atoms with E-state index in [-0.39, 0.29) is 5.88 Å². The molecule has 3 heteroatoms. The number of hydrogen-bond donors (Lipinski definition) is 1. The zero-order valence-corrected chi connectivity index (χ0v) is 7.75. The minimum absolute atomic E-state index is 0.164. The SMILES string of the molecule is CC.Oc1cn2c(n1)CCCC2. The third kappa shape index (κ3) is 1.78. The monoisotopic (exact) mass is 168 g/mol. The largest absolute Gasteiger partial charge is 0.492 e. The van der Waals surface area contributed by atoms with Crippen LogP contribution in [0.25, 0.3) is 0 Å². The van der Waals surface area contributed by atoms with Crippen LogP contribution in [0, 0.1) is 0 Å². The maximum Gasteiger partial charge on any atom is 0.229 e. The average Bonchev–Trinajstić information content (AvgIpc) is 2.48. The molecular formula is C9H16N2O. The summed E-state index contributed by atoms with van der Waals surface area (Å²) in [5.74, 6) is 1.20. The fourth-order valence-electron chi connectivity index (χ4n) is 1.40. The molecule has 3 nitrogen and oxygen atoms in total. The summed E-state index contributed by atoms with van der Waals surface area (Å²) in [6.07, 6.45) is 5.13. The molecular weight excluding hydrogens is 152 g/mol. The first-order chi connectivity index (χ1) is 5.86. The first-order valence-electron chi connectivity index (χ1n) is 4.61. The molecule has 1 N–H and O–H groups in total. The highest BCUT2D eigenvalue weighted by atomic mass is 16.3. The van der Waals surface area contributed by atoms with Crippen LogP contribution in [-0.2, 0) is 13.0 Å². The minimum atomic E-state index is 0.164. The molecule has 0 spiro atoms. The van der Waals surface area contributed by atoms with E-state index in [0.717, 1.165) is 18.8 Å². The van der Waals surface area contributed by atoms with E-state index in [2.05, 4.69) is 4.98 Å². The van der Waals surface area contributed by atoms with Crippen molar-refractivity contribution in [2.45, 2.75) is 39.7 Å². The van der Waals surface area contributed by atoms with Crippen molar-refractivity contribution < 1.29 is 5.11 Å². The van der Waals surface area contributed by atoms with Crippen LogP contribution < -0.4 is 0 Å². The Balaban J connectivity index is 0.000000336. The predicted octanol–water partition coefficient (Wildman–Crippen LogP) is 1.95. The first-order valence-corrected chi connectivity index (χ1v) is 4.61. The lowest BCUT2D eigenvalue weighted by atomic mass is 10.2. The van der Waals surface area contributed by atoms with Crippen molar-refractivity contribution in [2.24, 2.45) is 0 Å². The lowest BCUT2D eigenvalue weighted by molar-refractivity contribution is 0.455. The topological polar surface area (TPSA) is 38.0 Å². The van der Waals surface area contributed by atoms with Crippen molar-refractivity contribution in [3.63, 3.8) is 0 Å². The molecule has 0 atom stereocenters. The number of rotatable bonds is 0. The van der Waals surface area contributed by atoms with E-state index in [1.54, 1.807) is 6.20 Å².